The minimum Gasteiger partial charge on any atom is -0.481 e. The first-order chi connectivity index (χ1) is 8.37. The maximum absolute atomic E-state index is 11.2. The predicted octanol–water partition coefficient (Wildman–Crippen LogP) is 1.38. The largest absolute Gasteiger partial charge is 0.481 e. The number of carbonyl (C=O) groups excluding carboxylic acids is 1. The van der Waals surface area contributed by atoms with Gasteiger partial charge in [0.2, 0.25) is 5.91 Å². The number of nitrogens with one attached hydrogen (secondary N) is 2. The van der Waals surface area contributed by atoms with Crippen LogP contribution in [0.3, 0.4) is 0 Å². The fourth-order valence-electron chi connectivity index (χ4n) is 1.61. The molecule has 0 spiro atoms. The van der Waals surface area contributed by atoms with Crippen molar-refractivity contribution in [1.82, 2.24) is 10.6 Å². The zero-order valence-corrected chi connectivity index (χ0v) is 11.7. The number of hydrogen-bond donors (Lipinski definition) is 3. The summed E-state index contributed by atoms with van der Waals surface area (Å²) in [5.74, 6) is -0.678. The SMILES string of the molecule is CCNC(=O)CCNCCC(C)(C)CCC(=O)O. The summed E-state index contributed by atoms with van der Waals surface area (Å²) in [5.41, 5.74) is 0.0249. The van der Waals surface area contributed by atoms with E-state index in [1.165, 1.54) is 0 Å². The van der Waals surface area contributed by atoms with Crippen molar-refractivity contribution in [1.29, 1.82) is 0 Å². The van der Waals surface area contributed by atoms with Gasteiger partial charge in [0.15, 0.2) is 0 Å². The summed E-state index contributed by atoms with van der Waals surface area (Å²) in [6.45, 7) is 8.19. The number of aliphatic carboxylic acids is 1. The molecule has 106 valence electrons. The quantitative estimate of drug-likeness (QED) is 0.517. The third-order valence-corrected chi connectivity index (χ3v) is 2.90. The average molecular weight is 258 g/mol. The second kappa shape index (κ2) is 8.91. The highest BCUT2D eigenvalue weighted by Gasteiger charge is 2.18. The van der Waals surface area contributed by atoms with Crippen LogP contribution >= 0.6 is 0 Å². The smallest absolute Gasteiger partial charge is 0.303 e. The van der Waals surface area contributed by atoms with Gasteiger partial charge in [-0.1, -0.05) is 13.8 Å². The van der Waals surface area contributed by atoms with Crippen LogP contribution in [-0.4, -0.2) is 36.6 Å². The van der Waals surface area contributed by atoms with Crippen LogP contribution in [0, 0.1) is 5.41 Å². The predicted molar refractivity (Wildman–Crippen MR) is 71.4 cm³/mol. The lowest BCUT2D eigenvalue weighted by atomic mass is 9.84. The molecule has 0 saturated carbocycles. The van der Waals surface area contributed by atoms with Gasteiger partial charge in [0.25, 0.3) is 0 Å². The normalized spacial score (nSPS) is 11.3. The second-order valence-corrected chi connectivity index (χ2v) is 5.26. The lowest BCUT2D eigenvalue weighted by molar-refractivity contribution is -0.137. The lowest BCUT2D eigenvalue weighted by Crippen LogP contribution is -2.29. The zero-order chi connectivity index (χ0) is 14.0. The molecule has 0 atom stereocenters. The molecule has 0 aliphatic heterocycles. The summed E-state index contributed by atoms with van der Waals surface area (Å²) >= 11 is 0. The van der Waals surface area contributed by atoms with Crippen molar-refractivity contribution in [2.24, 2.45) is 5.41 Å². The van der Waals surface area contributed by atoms with Gasteiger partial charge in [-0.15, -0.1) is 0 Å². The van der Waals surface area contributed by atoms with Gasteiger partial charge in [0, 0.05) is 25.9 Å². The Labute approximate surface area is 109 Å². The van der Waals surface area contributed by atoms with Crippen LogP contribution < -0.4 is 10.6 Å². The summed E-state index contributed by atoms with van der Waals surface area (Å²) in [7, 11) is 0. The van der Waals surface area contributed by atoms with Crippen molar-refractivity contribution in [2.75, 3.05) is 19.6 Å². The summed E-state index contributed by atoms with van der Waals surface area (Å²) in [4.78, 5) is 21.7. The van der Waals surface area contributed by atoms with E-state index < -0.39 is 5.97 Å². The molecule has 0 rings (SSSR count). The van der Waals surface area contributed by atoms with Crippen LogP contribution in [0.15, 0.2) is 0 Å². The molecule has 0 radical (unpaired) electrons. The number of carbonyl (C=O) groups is 2. The molecule has 1 amide bonds. The molecule has 0 aromatic carbocycles. The maximum Gasteiger partial charge on any atom is 0.303 e. The minimum atomic E-state index is -0.743. The van der Waals surface area contributed by atoms with E-state index in [4.69, 9.17) is 5.11 Å². The molecular formula is C13H26N2O3. The van der Waals surface area contributed by atoms with E-state index in [1.807, 2.05) is 6.92 Å². The Morgan fingerprint density at radius 1 is 1.11 bits per heavy atom. The Kier molecular flexibility index (Phi) is 8.37. The highest BCUT2D eigenvalue weighted by Crippen LogP contribution is 2.25. The number of hydrogen-bond acceptors (Lipinski definition) is 3. The van der Waals surface area contributed by atoms with Crippen molar-refractivity contribution < 1.29 is 14.7 Å². The molecule has 0 fully saturated rings. The topological polar surface area (TPSA) is 78.4 Å². The molecule has 0 unspecified atom stereocenters. The Balaban J connectivity index is 3.58. The van der Waals surface area contributed by atoms with Crippen LogP contribution in [0.2, 0.25) is 0 Å². The fraction of sp³-hybridized carbons (Fsp3) is 0.846. The minimum absolute atomic E-state index is 0.0249. The van der Waals surface area contributed by atoms with Crippen LogP contribution in [-0.2, 0) is 9.59 Å². The fourth-order valence-corrected chi connectivity index (χ4v) is 1.61. The number of carboxylic acid groups (broad SMARTS) is 1. The summed E-state index contributed by atoms with van der Waals surface area (Å²) in [6, 6.07) is 0. The van der Waals surface area contributed by atoms with Gasteiger partial charge < -0.3 is 15.7 Å². The first-order valence-corrected chi connectivity index (χ1v) is 6.56. The maximum atomic E-state index is 11.2. The Morgan fingerprint density at radius 3 is 2.33 bits per heavy atom. The molecule has 3 N–H and O–H groups in total. The first kappa shape index (κ1) is 16.9. The summed E-state index contributed by atoms with van der Waals surface area (Å²) < 4.78 is 0. The van der Waals surface area contributed by atoms with Gasteiger partial charge in [0.05, 0.1) is 0 Å². The molecule has 18 heavy (non-hydrogen) atoms. The molecule has 0 saturated heterocycles. The van der Waals surface area contributed by atoms with E-state index in [0.717, 1.165) is 13.0 Å². The molecule has 0 aromatic rings. The van der Waals surface area contributed by atoms with Gasteiger partial charge >= 0.3 is 5.97 Å². The van der Waals surface area contributed by atoms with E-state index >= 15 is 0 Å². The standard InChI is InChI=1S/C13H26N2O3/c1-4-15-11(16)6-9-14-10-8-13(2,3)7-5-12(17)18/h14H,4-10H2,1-3H3,(H,15,16)(H,17,18). The van der Waals surface area contributed by atoms with Crippen molar-refractivity contribution in [2.45, 2.75) is 46.5 Å². The number of carboxylic acids is 1. The Bertz CT molecular complexity index is 265. The third kappa shape index (κ3) is 10.1. The van der Waals surface area contributed by atoms with Crippen molar-refractivity contribution in [3.63, 3.8) is 0 Å². The van der Waals surface area contributed by atoms with Crippen LogP contribution in [0.4, 0.5) is 0 Å². The molecule has 0 aliphatic rings. The van der Waals surface area contributed by atoms with Crippen molar-refractivity contribution >= 4 is 11.9 Å². The highest BCUT2D eigenvalue weighted by atomic mass is 16.4. The molecule has 5 heteroatoms. The van der Waals surface area contributed by atoms with Crippen LogP contribution in [0.1, 0.15) is 46.5 Å². The summed E-state index contributed by atoms with van der Waals surface area (Å²) in [6.07, 6.45) is 2.30. The molecule has 0 heterocycles. The summed E-state index contributed by atoms with van der Waals surface area (Å²) in [5, 5.41) is 14.6. The number of rotatable bonds is 10. The lowest BCUT2D eigenvalue weighted by Gasteiger charge is -2.23. The second-order valence-electron chi connectivity index (χ2n) is 5.26. The van der Waals surface area contributed by atoms with Crippen LogP contribution in [0.25, 0.3) is 0 Å². The highest BCUT2D eigenvalue weighted by molar-refractivity contribution is 5.75. The van der Waals surface area contributed by atoms with Crippen molar-refractivity contribution in [3.8, 4) is 0 Å². The average Bonchev–Trinajstić information content (AvgIpc) is 2.26. The molecule has 5 nitrogen and oxygen atoms in total. The van der Waals surface area contributed by atoms with Gasteiger partial charge in [-0.05, 0) is 31.7 Å². The third-order valence-electron chi connectivity index (χ3n) is 2.90. The van der Waals surface area contributed by atoms with Gasteiger partial charge in [-0.3, -0.25) is 9.59 Å². The van der Waals surface area contributed by atoms with E-state index in [2.05, 4.69) is 24.5 Å². The molecule has 0 aliphatic carbocycles. The molecule has 0 aromatic heterocycles. The first-order valence-electron chi connectivity index (χ1n) is 6.56. The monoisotopic (exact) mass is 258 g/mol. The van der Waals surface area contributed by atoms with E-state index in [-0.39, 0.29) is 17.7 Å². The van der Waals surface area contributed by atoms with Gasteiger partial charge in [-0.2, -0.15) is 0 Å². The van der Waals surface area contributed by atoms with Gasteiger partial charge in [-0.25, -0.2) is 0 Å². The van der Waals surface area contributed by atoms with Crippen LogP contribution in [0.5, 0.6) is 0 Å². The Morgan fingerprint density at radius 2 is 1.78 bits per heavy atom. The zero-order valence-electron chi connectivity index (χ0n) is 11.7. The van der Waals surface area contributed by atoms with Crippen molar-refractivity contribution in [3.05, 3.63) is 0 Å². The van der Waals surface area contributed by atoms with E-state index in [0.29, 0.717) is 25.9 Å². The number of amides is 1. The van der Waals surface area contributed by atoms with E-state index in [1.54, 1.807) is 0 Å². The van der Waals surface area contributed by atoms with E-state index in [9.17, 15) is 9.59 Å². The van der Waals surface area contributed by atoms with Gasteiger partial charge in [0.1, 0.15) is 0 Å². The Hall–Kier alpha value is -1.10. The molecular weight excluding hydrogens is 232 g/mol. The molecule has 0 bridgehead atoms.